The standard InChI is InChI=1S/C15H22O9/c16-5-9(11(19)7-1-3-8(18)4-2-7)23-15-14(22)13(21)12(20)10(6-17)24-15/h1-4,9-22H,5-6H2/t9-,10+,11-,12+,13-,14+,15-/m0/s1. The normalized spacial score (nSPS) is 33.2. The summed E-state index contributed by atoms with van der Waals surface area (Å²) in [5, 5.41) is 67.4. The molecule has 0 saturated carbocycles. The maximum absolute atomic E-state index is 10.3. The lowest BCUT2D eigenvalue weighted by molar-refractivity contribution is -0.319. The van der Waals surface area contributed by atoms with Crippen molar-refractivity contribution in [1.82, 2.24) is 0 Å². The van der Waals surface area contributed by atoms with E-state index in [0.717, 1.165) is 0 Å². The van der Waals surface area contributed by atoms with Crippen molar-refractivity contribution >= 4 is 0 Å². The Kier molecular flexibility index (Phi) is 6.49. The summed E-state index contributed by atoms with van der Waals surface area (Å²) in [7, 11) is 0. The Bertz CT molecular complexity index is 506. The van der Waals surface area contributed by atoms with Crippen LogP contribution in [-0.2, 0) is 9.47 Å². The predicted molar refractivity (Wildman–Crippen MR) is 78.8 cm³/mol. The number of hydrogen-bond donors (Lipinski definition) is 7. The molecule has 0 radical (unpaired) electrons. The van der Waals surface area contributed by atoms with Gasteiger partial charge in [0, 0.05) is 0 Å². The Hall–Kier alpha value is -1.30. The molecule has 2 rings (SSSR count). The molecule has 1 fully saturated rings. The van der Waals surface area contributed by atoms with E-state index in [2.05, 4.69) is 0 Å². The lowest BCUT2D eigenvalue weighted by Gasteiger charge is -2.41. The molecule has 1 aromatic carbocycles. The van der Waals surface area contributed by atoms with Crippen molar-refractivity contribution < 1.29 is 45.2 Å². The first-order valence-electron chi connectivity index (χ1n) is 7.42. The third-order valence-electron chi connectivity index (χ3n) is 3.92. The Balaban J connectivity index is 2.09. The topological polar surface area (TPSA) is 160 Å². The average Bonchev–Trinajstić information content (AvgIpc) is 2.59. The minimum absolute atomic E-state index is 0.00125. The molecule has 24 heavy (non-hydrogen) atoms. The smallest absolute Gasteiger partial charge is 0.187 e. The molecule has 0 spiro atoms. The first kappa shape index (κ1) is 19.0. The van der Waals surface area contributed by atoms with Gasteiger partial charge in [-0.1, -0.05) is 12.1 Å². The highest BCUT2D eigenvalue weighted by Gasteiger charge is 2.45. The van der Waals surface area contributed by atoms with E-state index < -0.39 is 56.1 Å². The van der Waals surface area contributed by atoms with E-state index >= 15 is 0 Å². The van der Waals surface area contributed by atoms with Crippen LogP contribution in [-0.4, -0.2) is 85.8 Å². The van der Waals surface area contributed by atoms with Gasteiger partial charge in [0.25, 0.3) is 0 Å². The van der Waals surface area contributed by atoms with Gasteiger partial charge in [-0.15, -0.1) is 0 Å². The Labute approximate surface area is 137 Å². The van der Waals surface area contributed by atoms with Crippen molar-refractivity contribution in [3.05, 3.63) is 29.8 Å². The molecule has 0 aromatic heterocycles. The van der Waals surface area contributed by atoms with Crippen molar-refractivity contribution in [1.29, 1.82) is 0 Å². The van der Waals surface area contributed by atoms with Crippen LogP contribution in [0.5, 0.6) is 5.75 Å². The molecule has 1 aromatic rings. The van der Waals surface area contributed by atoms with Crippen molar-refractivity contribution in [3.63, 3.8) is 0 Å². The number of ether oxygens (including phenoxy) is 2. The quantitative estimate of drug-likeness (QED) is 0.298. The van der Waals surface area contributed by atoms with Crippen LogP contribution < -0.4 is 0 Å². The van der Waals surface area contributed by atoms with Gasteiger partial charge in [-0.25, -0.2) is 0 Å². The fraction of sp³-hybridized carbons (Fsp3) is 0.600. The zero-order chi connectivity index (χ0) is 17.9. The largest absolute Gasteiger partial charge is 0.508 e. The highest BCUT2D eigenvalue weighted by molar-refractivity contribution is 5.27. The Morgan fingerprint density at radius 2 is 1.62 bits per heavy atom. The van der Waals surface area contributed by atoms with E-state index in [-0.39, 0.29) is 5.75 Å². The van der Waals surface area contributed by atoms with Gasteiger partial charge in [-0.05, 0) is 17.7 Å². The van der Waals surface area contributed by atoms with Gasteiger partial charge in [-0.3, -0.25) is 0 Å². The minimum atomic E-state index is -1.64. The summed E-state index contributed by atoms with van der Waals surface area (Å²) >= 11 is 0. The molecule has 1 heterocycles. The molecule has 0 amide bonds. The van der Waals surface area contributed by atoms with E-state index in [1.807, 2.05) is 0 Å². The van der Waals surface area contributed by atoms with Crippen molar-refractivity contribution in [2.75, 3.05) is 13.2 Å². The van der Waals surface area contributed by atoms with Crippen LogP contribution in [0.1, 0.15) is 11.7 Å². The van der Waals surface area contributed by atoms with Crippen LogP contribution in [0.3, 0.4) is 0 Å². The number of phenolic OH excluding ortho intramolecular Hbond substituents is 1. The molecule has 7 N–H and O–H groups in total. The fourth-order valence-corrected chi connectivity index (χ4v) is 2.46. The van der Waals surface area contributed by atoms with E-state index in [1.54, 1.807) is 0 Å². The second-order valence-corrected chi connectivity index (χ2v) is 5.59. The van der Waals surface area contributed by atoms with Gasteiger partial charge < -0.3 is 45.2 Å². The number of rotatable bonds is 6. The summed E-state index contributed by atoms with van der Waals surface area (Å²) in [5.41, 5.74) is 0.344. The maximum Gasteiger partial charge on any atom is 0.187 e. The molecule has 136 valence electrons. The molecule has 1 aliphatic heterocycles. The molecule has 1 saturated heterocycles. The number of hydrogen-bond acceptors (Lipinski definition) is 9. The monoisotopic (exact) mass is 346 g/mol. The van der Waals surface area contributed by atoms with E-state index in [0.29, 0.717) is 5.56 Å². The summed E-state index contributed by atoms with van der Waals surface area (Å²) in [4.78, 5) is 0. The Morgan fingerprint density at radius 1 is 1.00 bits per heavy atom. The zero-order valence-electron chi connectivity index (χ0n) is 12.7. The van der Waals surface area contributed by atoms with E-state index in [4.69, 9.17) is 14.6 Å². The lowest BCUT2D eigenvalue weighted by Crippen LogP contribution is -2.60. The number of aromatic hydroxyl groups is 1. The molecule has 9 heteroatoms. The van der Waals surface area contributed by atoms with E-state index in [9.17, 15) is 30.6 Å². The van der Waals surface area contributed by atoms with Gasteiger partial charge in [0.2, 0.25) is 0 Å². The summed E-state index contributed by atoms with van der Waals surface area (Å²) in [6.07, 6.45) is -9.92. The Morgan fingerprint density at radius 3 is 2.17 bits per heavy atom. The van der Waals surface area contributed by atoms with Gasteiger partial charge in [0.1, 0.15) is 42.4 Å². The number of benzene rings is 1. The summed E-state index contributed by atoms with van der Waals surface area (Å²) < 4.78 is 10.5. The van der Waals surface area contributed by atoms with Crippen molar-refractivity contribution in [2.24, 2.45) is 0 Å². The van der Waals surface area contributed by atoms with Crippen molar-refractivity contribution in [3.8, 4) is 5.75 Å². The molecule has 1 aliphatic rings. The first-order chi connectivity index (χ1) is 11.4. The molecule has 9 nitrogen and oxygen atoms in total. The van der Waals surface area contributed by atoms with Gasteiger partial charge in [0.15, 0.2) is 6.29 Å². The number of phenols is 1. The van der Waals surface area contributed by atoms with Gasteiger partial charge >= 0.3 is 0 Å². The minimum Gasteiger partial charge on any atom is -0.508 e. The van der Waals surface area contributed by atoms with Crippen LogP contribution in [0.4, 0.5) is 0 Å². The van der Waals surface area contributed by atoms with E-state index in [1.165, 1.54) is 24.3 Å². The maximum atomic E-state index is 10.3. The second-order valence-electron chi connectivity index (χ2n) is 5.59. The van der Waals surface area contributed by atoms with Gasteiger partial charge in [0.05, 0.1) is 13.2 Å². The summed E-state index contributed by atoms with van der Waals surface area (Å²) in [6, 6.07) is 5.56. The molecular formula is C15H22O9. The van der Waals surface area contributed by atoms with Crippen LogP contribution in [0.2, 0.25) is 0 Å². The fourth-order valence-electron chi connectivity index (χ4n) is 2.46. The SMILES string of the molecule is OC[C@H](O[C@H]1O[C@H](CO)[C@@H](O)[C@H](O)[C@H]1O)[C@@H](O)c1ccc(O)cc1. The third-order valence-corrected chi connectivity index (χ3v) is 3.92. The van der Waals surface area contributed by atoms with Crippen LogP contribution in [0.25, 0.3) is 0 Å². The van der Waals surface area contributed by atoms with Crippen molar-refractivity contribution in [2.45, 2.75) is 42.9 Å². The molecule has 7 atom stereocenters. The average molecular weight is 346 g/mol. The second kappa shape index (κ2) is 8.19. The third kappa shape index (κ3) is 4.02. The number of aliphatic hydroxyl groups excluding tert-OH is 6. The first-order valence-corrected chi connectivity index (χ1v) is 7.42. The highest BCUT2D eigenvalue weighted by Crippen LogP contribution is 2.27. The lowest BCUT2D eigenvalue weighted by atomic mass is 9.99. The van der Waals surface area contributed by atoms with Crippen LogP contribution in [0, 0.1) is 0 Å². The molecule has 0 unspecified atom stereocenters. The molecule has 0 aliphatic carbocycles. The summed E-state index contributed by atoms with van der Waals surface area (Å²) in [5.74, 6) is 0.00125. The molecule has 0 bridgehead atoms. The highest BCUT2D eigenvalue weighted by atomic mass is 16.7. The molecular weight excluding hydrogens is 324 g/mol. The van der Waals surface area contributed by atoms with Gasteiger partial charge in [-0.2, -0.15) is 0 Å². The predicted octanol–water partition coefficient (Wildman–Crippen LogP) is -2.40. The van der Waals surface area contributed by atoms with Crippen LogP contribution >= 0.6 is 0 Å². The summed E-state index contributed by atoms with van der Waals surface area (Å²) in [6.45, 7) is -1.24. The number of aliphatic hydroxyl groups is 6. The zero-order valence-corrected chi connectivity index (χ0v) is 12.7. The van der Waals surface area contributed by atoms with Crippen LogP contribution in [0.15, 0.2) is 24.3 Å².